The molecule has 3 rings (SSSR count). The van der Waals surface area contributed by atoms with E-state index in [1.807, 2.05) is 0 Å². The van der Waals surface area contributed by atoms with E-state index in [4.69, 9.17) is 27.8 Å². The largest absolute Gasteiger partial charge is 0.414 e. The number of ether oxygens (including phenoxy) is 4. The normalized spacial score (nSPS) is 32.2. The molecule has 0 radical (unpaired) electrons. The lowest BCUT2D eigenvalue weighted by Gasteiger charge is -2.67. The second kappa shape index (κ2) is 16.7. The number of rotatable bonds is 19. The summed E-state index contributed by atoms with van der Waals surface area (Å²) in [5.41, 5.74) is 1.32. The Kier molecular flexibility index (Phi) is 14.8. The van der Waals surface area contributed by atoms with Crippen molar-refractivity contribution in [3.8, 4) is 0 Å². The predicted molar refractivity (Wildman–Crippen MR) is 214 cm³/mol. The van der Waals surface area contributed by atoms with Gasteiger partial charge in [-0.1, -0.05) is 93.6 Å². The Morgan fingerprint density at radius 2 is 1.45 bits per heavy atom. The maximum Gasteiger partial charge on any atom is 0.192 e. The first kappa shape index (κ1) is 43.6. The molecule has 2 saturated carbocycles. The fraction of sp³-hybridized carbons (Fsp3) is 0.950. The van der Waals surface area contributed by atoms with Crippen molar-refractivity contribution in [2.24, 2.45) is 28.1 Å². The zero-order valence-electron chi connectivity index (χ0n) is 35.1. The van der Waals surface area contributed by atoms with Gasteiger partial charge in [0.25, 0.3) is 0 Å². The van der Waals surface area contributed by atoms with Gasteiger partial charge in [-0.25, -0.2) is 0 Å². The van der Waals surface area contributed by atoms with Crippen LogP contribution in [0, 0.1) is 28.1 Å². The van der Waals surface area contributed by atoms with E-state index >= 15 is 0 Å². The molecule has 0 aromatic carbocycles. The third-order valence-corrected chi connectivity index (χ3v) is 25.1. The Morgan fingerprint density at radius 3 is 2.00 bits per heavy atom. The van der Waals surface area contributed by atoms with E-state index in [0.29, 0.717) is 26.1 Å². The average molecular weight is 741 g/mol. The minimum absolute atomic E-state index is 0.0404. The van der Waals surface area contributed by atoms with Crippen molar-refractivity contribution in [1.29, 1.82) is 0 Å². The standard InChI is InChI=1S/C40H80O6Si3/c1-17-49(18-2,19-3)46-35-27-33-38(8,9)31(4)28-40(33,23-20-24-42-29-41-11)36-32(45-48(15,16)37(5,6)7)21-22-34(39(35,36)10)44-30-43-25-26-47(12,13)14/h28,32-36H,17-27,29-30H2,1-16H3/t32-,33-,34-,35-,36-,39+,40+/m0/s1. The van der Waals surface area contributed by atoms with Crippen molar-refractivity contribution in [2.45, 2.75) is 182 Å². The Morgan fingerprint density at radius 1 is 0.837 bits per heavy atom. The first-order valence-corrected chi connectivity index (χ1v) is 29.1. The fourth-order valence-electron chi connectivity index (χ4n) is 9.67. The summed E-state index contributed by atoms with van der Waals surface area (Å²) < 4.78 is 40.0. The van der Waals surface area contributed by atoms with E-state index < -0.39 is 24.7 Å². The lowest BCUT2D eigenvalue weighted by Crippen LogP contribution is -2.69. The van der Waals surface area contributed by atoms with Crippen LogP contribution in [-0.4, -0.2) is 76.9 Å². The quantitative estimate of drug-likeness (QED) is 0.0569. The summed E-state index contributed by atoms with van der Waals surface area (Å²) in [6, 6.07) is 4.61. The summed E-state index contributed by atoms with van der Waals surface area (Å²) in [5, 5.41) is 0.126. The third kappa shape index (κ3) is 9.28. The van der Waals surface area contributed by atoms with Crippen LogP contribution in [0.15, 0.2) is 11.6 Å². The number of allylic oxidation sites excluding steroid dienone is 2. The highest BCUT2D eigenvalue weighted by atomic mass is 28.4. The lowest BCUT2D eigenvalue weighted by molar-refractivity contribution is -0.252. The molecule has 3 aliphatic carbocycles. The second-order valence-electron chi connectivity index (χ2n) is 19.5. The molecular weight excluding hydrogens is 661 g/mol. The molecule has 0 unspecified atom stereocenters. The Hall–Kier alpha value is 0.151. The number of hydrogen-bond acceptors (Lipinski definition) is 6. The van der Waals surface area contributed by atoms with Gasteiger partial charge in [0.2, 0.25) is 0 Å². The first-order valence-electron chi connectivity index (χ1n) is 19.9. The molecule has 0 heterocycles. The van der Waals surface area contributed by atoms with Crippen LogP contribution in [0.1, 0.15) is 101 Å². The van der Waals surface area contributed by atoms with Crippen molar-refractivity contribution < 1.29 is 27.8 Å². The topological polar surface area (TPSA) is 55.4 Å². The fourth-order valence-corrected chi connectivity index (χ4v) is 14.7. The number of methoxy groups -OCH3 is 1. The SMILES string of the molecule is CC[Si](CC)(CC)O[C@H]1C[C@H]2C(C)(C)C(C)=C[C@@]2(CCCOCOC)[C@H]2[C@@H](O[Si](C)(C)C(C)(C)C)CC[C@H](OCOCC[Si](C)(C)C)[C@]12C. The number of fused-ring (bicyclic) bond motifs is 3. The molecule has 0 spiro atoms. The van der Waals surface area contributed by atoms with Crippen LogP contribution in [0.5, 0.6) is 0 Å². The van der Waals surface area contributed by atoms with Crippen molar-refractivity contribution in [1.82, 2.24) is 0 Å². The molecule has 49 heavy (non-hydrogen) atoms. The van der Waals surface area contributed by atoms with Crippen molar-refractivity contribution >= 4 is 24.7 Å². The van der Waals surface area contributed by atoms with Crippen LogP contribution in [0.25, 0.3) is 0 Å². The Bertz CT molecular complexity index is 1070. The molecule has 7 atom stereocenters. The summed E-state index contributed by atoms with van der Waals surface area (Å²) >= 11 is 0. The van der Waals surface area contributed by atoms with E-state index in [1.54, 1.807) is 7.11 Å². The molecule has 0 aromatic heterocycles. The van der Waals surface area contributed by atoms with E-state index in [-0.39, 0.29) is 45.5 Å². The third-order valence-electron chi connectivity index (χ3n) is 14.2. The van der Waals surface area contributed by atoms with E-state index in [0.717, 1.165) is 62.9 Å². The van der Waals surface area contributed by atoms with Gasteiger partial charge in [0.1, 0.15) is 13.6 Å². The minimum Gasteiger partial charge on any atom is -0.414 e. The maximum absolute atomic E-state index is 7.80. The van der Waals surface area contributed by atoms with Crippen LogP contribution in [0.2, 0.25) is 61.9 Å². The summed E-state index contributed by atoms with van der Waals surface area (Å²) in [4.78, 5) is 0. The molecule has 0 N–H and O–H groups in total. The first-order chi connectivity index (χ1) is 22.6. The van der Waals surface area contributed by atoms with Gasteiger partial charge in [-0.05, 0) is 98.1 Å². The van der Waals surface area contributed by atoms with Crippen LogP contribution in [0.3, 0.4) is 0 Å². The van der Waals surface area contributed by atoms with Gasteiger partial charge in [0.15, 0.2) is 16.6 Å². The van der Waals surface area contributed by atoms with Gasteiger partial charge in [-0.2, -0.15) is 0 Å². The molecule has 2 fully saturated rings. The van der Waals surface area contributed by atoms with Crippen LogP contribution >= 0.6 is 0 Å². The molecule has 0 bridgehead atoms. The van der Waals surface area contributed by atoms with Crippen LogP contribution in [0.4, 0.5) is 0 Å². The van der Waals surface area contributed by atoms with Gasteiger partial charge in [-0.3, -0.25) is 0 Å². The average Bonchev–Trinajstić information content (AvgIpc) is 3.19. The summed E-state index contributed by atoms with van der Waals surface area (Å²) in [6.07, 6.45) is 8.15. The van der Waals surface area contributed by atoms with Gasteiger partial charge in [0, 0.05) is 45.8 Å². The highest BCUT2D eigenvalue weighted by molar-refractivity contribution is 6.76. The second-order valence-corrected chi connectivity index (χ2v) is 34.6. The predicted octanol–water partition coefficient (Wildman–Crippen LogP) is 11.3. The molecule has 0 aromatic rings. The van der Waals surface area contributed by atoms with E-state index in [9.17, 15) is 0 Å². The summed E-state index contributed by atoms with van der Waals surface area (Å²) in [6.45, 7) is 38.6. The molecule has 6 nitrogen and oxygen atoms in total. The minimum atomic E-state index is -2.10. The number of hydrogen-bond donors (Lipinski definition) is 0. The molecule has 9 heteroatoms. The van der Waals surface area contributed by atoms with E-state index in [2.05, 4.69) is 108 Å². The molecule has 288 valence electrons. The highest BCUT2D eigenvalue weighted by Gasteiger charge is 2.70. The zero-order chi connectivity index (χ0) is 37.1. The van der Waals surface area contributed by atoms with Crippen molar-refractivity contribution in [2.75, 3.05) is 33.9 Å². The zero-order valence-corrected chi connectivity index (χ0v) is 38.1. The van der Waals surface area contributed by atoms with Crippen LogP contribution < -0.4 is 0 Å². The smallest absolute Gasteiger partial charge is 0.192 e. The van der Waals surface area contributed by atoms with Gasteiger partial charge in [-0.15, -0.1) is 0 Å². The molecule has 0 amide bonds. The molecule has 0 aliphatic heterocycles. The van der Waals surface area contributed by atoms with Gasteiger partial charge >= 0.3 is 0 Å². The molecule has 3 aliphatic rings. The Labute approximate surface area is 306 Å². The van der Waals surface area contributed by atoms with Gasteiger partial charge < -0.3 is 27.8 Å². The molecular formula is C40H80O6Si3. The lowest BCUT2D eigenvalue weighted by atomic mass is 9.43. The maximum atomic E-state index is 7.80. The summed E-state index contributed by atoms with van der Waals surface area (Å²) in [5.74, 6) is 0.718. The van der Waals surface area contributed by atoms with Crippen LogP contribution in [-0.2, 0) is 27.8 Å². The molecule has 0 saturated heterocycles. The highest BCUT2D eigenvalue weighted by Crippen LogP contribution is 2.71. The monoisotopic (exact) mass is 741 g/mol. The van der Waals surface area contributed by atoms with Crippen molar-refractivity contribution in [3.63, 3.8) is 0 Å². The van der Waals surface area contributed by atoms with Gasteiger partial charge in [0.05, 0.1) is 12.2 Å². The Balaban J connectivity index is 2.22. The summed E-state index contributed by atoms with van der Waals surface area (Å²) in [7, 11) is -3.54. The van der Waals surface area contributed by atoms with Crippen molar-refractivity contribution in [3.05, 3.63) is 11.6 Å². The van der Waals surface area contributed by atoms with E-state index in [1.165, 1.54) is 5.57 Å².